The molecule has 2 fully saturated rings. The standard InChI is InChI=1S/C9H14O3/c1-3-9-4-5-11-8(2,12-9)6-7(9)10/h3,7,10H,1,4-6H2,2H3/t7-,8+,9+/m1/s1. The van der Waals surface area contributed by atoms with Crippen molar-refractivity contribution in [3.63, 3.8) is 0 Å². The zero-order valence-corrected chi connectivity index (χ0v) is 7.25. The van der Waals surface area contributed by atoms with Crippen LogP contribution in [0.4, 0.5) is 0 Å². The molecule has 3 nitrogen and oxygen atoms in total. The summed E-state index contributed by atoms with van der Waals surface area (Å²) in [7, 11) is 0. The van der Waals surface area contributed by atoms with Crippen molar-refractivity contribution in [2.24, 2.45) is 0 Å². The van der Waals surface area contributed by atoms with Crippen LogP contribution in [-0.2, 0) is 9.47 Å². The maximum absolute atomic E-state index is 9.74. The van der Waals surface area contributed by atoms with Crippen LogP contribution in [0.25, 0.3) is 0 Å². The van der Waals surface area contributed by atoms with E-state index in [-0.39, 0.29) is 0 Å². The van der Waals surface area contributed by atoms with Crippen LogP contribution in [0.2, 0.25) is 0 Å². The highest BCUT2D eigenvalue weighted by Gasteiger charge is 2.55. The third kappa shape index (κ3) is 0.937. The topological polar surface area (TPSA) is 38.7 Å². The van der Waals surface area contributed by atoms with E-state index in [4.69, 9.17) is 9.47 Å². The summed E-state index contributed by atoms with van der Waals surface area (Å²) in [6.45, 7) is 6.20. The van der Waals surface area contributed by atoms with Crippen LogP contribution in [0, 0.1) is 0 Å². The molecule has 12 heavy (non-hydrogen) atoms. The first-order valence-electron chi connectivity index (χ1n) is 4.26. The Balaban J connectivity index is 2.31. The monoisotopic (exact) mass is 170 g/mol. The number of fused-ring (bicyclic) bond motifs is 2. The molecule has 0 saturated carbocycles. The van der Waals surface area contributed by atoms with Gasteiger partial charge in [0.25, 0.3) is 0 Å². The summed E-state index contributed by atoms with van der Waals surface area (Å²) in [6.07, 6.45) is 2.47. The Bertz CT molecular complexity index is 216. The molecule has 0 aromatic rings. The summed E-state index contributed by atoms with van der Waals surface area (Å²) in [6, 6.07) is 0. The largest absolute Gasteiger partial charge is 0.390 e. The third-order valence-corrected chi connectivity index (χ3v) is 2.78. The first kappa shape index (κ1) is 8.23. The van der Waals surface area contributed by atoms with Gasteiger partial charge >= 0.3 is 0 Å². The van der Waals surface area contributed by atoms with Gasteiger partial charge in [0.2, 0.25) is 0 Å². The molecule has 0 radical (unpaired) electrons. The minimum Gasteiger partial charge on any atom is -0.390 e. The summed E-state index contributed by atoms with van der Waals surface area (Å²) >= 11 is 0. The molecule has 1 N–H and O–H groups in total. The number of ether oxygens (including phenoxy) is 2. The molecule has 0 aliphatic carbocycles. The van der Waals surface area contributed by atoms with Gasteiger partial charge in [-0.3, -0.25) is 0 Å². The number of aliphatic hydroxyl groups is 1. The van der Waals surface area contributed by atoms with Crippen LogP contribution >= 0.6 is 0 Å². The second-order valence-corrected chi connectivity index (χ2v) is 3.71. The Morgan fingerprint density at radius 2 is 2.42 bits per heavy atom. The summed E-state index contributed by atoms with van der Waals surface area (Å²) < 4.78 is 11.1. The highest BCUT2D eigenvalue weighted by molar-refractivity contribution is 5.10. The van der Waals surface area contributed by atoms with Gasteiger partial charge in [-0.15, -0.1) is 6.58 Å². The lowest BCUT2D eigenvalue weighted by Crippen LogP contribution is -2.44. The van der Waals surface area contributed by atoms with E-state index in [0.717, 1.165) is 0 Å². The summed E-state index contributed by atoms with van der Waals surface area (Å²) in [5.41, 5.74) is -0.549. The van der Waals surface area contributed by atoms with Gasteiger partial charge in [0, 0.05) is 12.8 Å². The van der Waals surface area contributed by atoms with Crippen LogP contribution < -0.4 is 0 Å². The van der Waals surface area contributed by atoms with E-state index in [1.165, 1.54) is 0 Å². The van der Waals surface area contributed by atoms with E-state index in [1.807, 2.05) is 6.92 Å². The summed E-state index contributed by atoms with van der Waals surface area (Å²) in [5, 5.41) is 9.74. The fourth-order valence-electron chi connectivity index (χ4n) is 2.05. The van der Waals surface area contributed by atoms with Gasteiger partial charge in [-0.05, 0) is 6.92 Å². The maximum Gasteiger partial charge on any atom is 0.169 e. The number of hydrogen-bond donors (Lipinski definition) is 1. The van der Waals surface area contributed by atoms with Crippen molar-refractivity contribution in [3.05, 3.63) is 12.7 Å². The molecule has 2 saturated heterocycles. The highest BCUT2D eigenvalue weighted by atomic mass is 16.7. The molecule has 0 unspecified atom stereocenters. The Morgan fingerprint density at radius 1 is 1.67 bits per heavy atom. The molecule has 0 amide bonds. The average Bonchev–Trinajstić information content (AvgIpc) is 2.19. The van der Waals surface area contributed by atoms with Crippen LogP contribution in [0.5, 0.6) is 0 Å². The molecule has 0 aromatic carbocycles. The van der Waals surface area contributed by atoms with Crippen molar-refractivity contribution in [1.29, 1.82) is 0 Å². The zero-order chi connectivity index (χ0) is 8.82. The van der Waals surface area contributed by atoms with Crippen molar-refractivity contribution < 1.29 is 14.6 Å². The van der Waals surface area contributed by atoms with Gasteiger partial charge in [0.15, 0.2) is 5.79 Å². The lowest BCUT2D eigenvalue weighted by atomic mass is 9.94. The number of hydrogen-bond acceptors (Lipinski definition) is 3. The minimum absolute atomic E-state index is 0.470. The first-order chi connectivity index (χ1) is 5.60. The Labute approximate surface area is 72.0 Å². The van der Waals surface area contributed by atoms with E-state index < -0.39 is 17.5 Å². The van der Waals surface area contributed by atoms with Crippen LogP contribution in [0.1, 0.15) is 19.8 Å². The molecule has 2 aliphatic rings. The molecule has 3 atom stereocenters. The zero-order valence-electron chi connectivity index (χ0n) is 7.25. The molecule has 2 bridgehead atoms. The SMILES string of the molecule is C=C[C@]12CCO[C@](C)(C[C@H]1O)O2. The molecule has 3 heteroatoms. The van der Waals surface area contributed by atoms with Crippen molar-refractivity contribution in [3.8, 4) is 0 Å². The van der Waals surface area contributed by atoms with Gasteiger partial charge in [-0.25, -0.2) is 0 Å². The van der Waals surface area contributed by atoms with Crippen LogP contribution in [-0.4, -0.2) is 29.2 Å². The number of rotatable bonds is 1. The third-order valence-electron chi connectivity index (χ3n) is 2.78. The van der Waals surface area contributed by atoms with Gasteiger partial charge in [-0.2, -0.15) is 0 Å². The quantitative estimate of drug-likeness (QED) is 0.592. The van der Waals surface area contributed by atoms with E-state index >= 15 is 0 Å². The lowest BCUT2D eigenvalue weighted by molar-refractivity contribution is -0.270. The van der Waals surface area contributed by atoms with E-state index in [9.17, 15) is 5.11 Å². The molecule has 68 valence electrons. The van der Waals surface area contributed by atoms with Crippen LogP contribution in [0.15, 0.2) is 12.7 Å². The molecule has 0 spiro atoms. The first-order valence-corrected chi connectivity index (χ1v) is 4.26. The summed E-state index contributed by atoms with van der Waals surface area (Å²) in [4.78, 5) is 0. The molecular weight excluding hydrogens is 156 g/mol. The molecular formula is C9H14O3. The van der Waals surface area contributed by atoms with Gasteiger partial charge in [-0.1, -0.05) is 6.08 Å². The van der Waals surface area contributed by atoms with Gasteiger partial charge < -0.3 is 14.6 Å². The smallest absolute Gasteiger partial charge is 0.169 e. The summed E-state index contributed by atoms with van der Waals surface area (Å²) in [5.74, 6) is -0.591. The maximum atomic E-state index is 9.74. The average molecular weight is 170 g/mol. The van der Waals surface area contributed by atoms with Crippen molar-refractivity contribution in [1.82, 2.24) is 0 Å². The van der Waals surface area contributed by atoms with E-state index in [2.05, 4.69) is 6.58 Å². The van der Waals surface area contributed by atoms with E-state index in [1.54, 1.807) is 6.08 Å². The van der Waals surface area contributed by atoms with Crippen molar-refractivity contribution in [2.45, 2.75) is 37.3 Å². The second-order valence-electron chi connectivity index (χ2n) is 3.71. The predicted molar refractivity (Wildman–Crippen MR) is 43.6 cm³/mol. The highest BCUT2D eigenvalue weighted by Crippen LogP contribution is 2.45. The predicted octanol–water partition coefficient (Wildman–Crippen LogP) is 0.829. The van der Waals surface area contributed by atoms with E-state index in [0.29, 0.717) is 19.4 Å². The molecule has 2 heterocycles. The Hall–Kier alpha value is -0.380. The molecule has 2 rings (SSSR count). The Kier molecular flexibility index (Phi) is 1.59. The van der Waals surface area contributed by atoms with Crippen LogP contribution in [0.3, 0.4) is 0 Å². The fraction of sp³-hybridized carbons (Fsp3) is 0.778. The molecule has 0 aromatic heterocycles. The minimum atomic E-state index is -0.591. The fourth-order valence-corrected chi connectivity index (χ4v) is 2.05. The van der Waals surface area contributed by atoms with Gasteiger partial charge in [0.1, 0.15) is 5.60 Å². The van der Waals surface area contributed by atoms with Crippen molar-refractivity contribution in [2.75, 3.05) is 6.61 Å². The number of aliphatic hydroxyl groups excluding tert-OH is 1. The second kappa shape index (κ2) is 2.31. The molecule has 2 aliphatic heterocycles. The van der Waals surface area contributed by atoms with Crippen molar-refractivity contribution >= 4 is 0 Å². The normalized spacial score (nSPS) is 52.3. The van der Waals surface area contributed by atoms with Gasteiger partial charge in [0.05, 0.1) is 12.7 Å². The lowest BCUT2D eigenvalue weighted by Gasteiger charge is -2.36. The Morgan fingerprint density at radius 3 is 3.00 bits per heavy atom.